The van der Waals surface area contributed by atoms with Gasteiger partial charge in [0.1, 0.15) is 12.1 Å². The number of aliphatic hydroxyl groups excluding tert-OH is 1. The monoisotopic (exact) mass is 373 g/mol. The Bertz CT molecular complexity index is 612. The molecule has 6 nitrogen and oxygen atoms in total. The van der Waals surface area contributed by atoms with Crippen LogP contribution in [0.2, 0.25) is 0 Å². The second-order valence-corrected chi connectivity index (χ2v) is 8.79. The summed E-state index contributed by atoms with van der Waals surface area (Å²) in [6, 6.07) is 3.92. The topological polar surface area (TPSA) is 55.7 Å². The third kappa shape index (κ3) is 4.44. The van der Waals surface area contributed by atoms with Gasteiger partial charge in [-0.15, -0.1) is 0 Å². The number of likely N-dealkylation sites (tertiary alicyclic amines) is 1. The maximum absolute atomic E-state index is 9.65. The van der Waals surface area contributed by atoms with Crippen molar-refractivity contribution in [2.45, 2.75) is 70.0 Å². The second kappa shape index (κ2) is 8.41. The van der Waals surface area contributed by atoms with Crippen LogP contribution in [0.3, 0.4) is 0 Å². The van der Waals surface area contributed by atoms with E-state index in [1.807, 2.05) is 0 Å². The maximum Gasteiger partial charge on any atom is 0.132 e. The number of nitrogens with zero attached hydrogens (tertiary/aromatic N) is 5. The molecule has 0 bridgehead atoms. The van der Waals surface area contributed by atoms with Crippen LogP contribution in [-0.2, 0) is 0 Å². The van der Waals surface area contributed by atoms with Crippen LogP contribution in [0.15, 0.2) is 12.4 Å². The van der Waals surface area contributed by atoms with Crippen LogP contribution in [0.5, 0.6) is 0 Å². The van der Waals surface area contributed by atoms with Gasteiger partial charge in [0.05, 0.1) is 0 Å². The molecule has 3 aliphatic rings. The smallest absolute Gasteiger partial charge is 0.132 e. The highest BCUT2D eigenvalue weighted by molar-refractivity contribution is 5.41. The van der Waals surface area contributed by atoms with Crippen molar-refractivity contribution in [3.63, 3.8) is 0 Å². The number of aliphatic hydroxyl groups is 1. The molecule has 6 heteroatoms. The van der Waals surface area contributed by atoms with Crippen molar-refractivity contribution < 1.29 is 5.11 Å². The zero-order valence-corrected chi connectivity index (χ0v) is 16.9. The fraction of sp³-hybridized carbons (Fsp3) is 0.810. The molecule has 2 saturated heterocycles. The number of aromatic nitrogens is 2. The summed E-state index contributed by atoms with van der Waals surface area (Å²) in [4.78, 5) is 16.7. The summed E-state index contributed by atoms with van der Waals surface area (Å²) >= 11 is 0. The second-order valence-electron chi connectivity index (χ2n) is 8.79. The van der Waals surface area contributed by atoms with E-state index in [2.05, 4.69) is 44.6 Å². The Labute approximate surface area is 163 Å². The van der Waals surface area contributed by atoms with Crippen LogP contribution < -0.4 is 4.90 Å². The Morgan fingerprint density at radius 1 is 1.07 bits per heavy atom. The van der Waals surface area contributed by atoms with Gasteiger partial charge >= 0.3 is 0 Å². The van der Waals surface area contributed by atoms with Gasteiger partial charge in [0.2, 0.25) is 0 Å². The number of hydrogen-bond donors (Lipinski definition) is 1. The molecule has 1 aliphatic carbocycles. The molecule has 150 valence electrons. The van der Waals surface area contributed by atoms with E-state index in [0.29, 0.717) is 24.0 Å². The van der Waals surface area contributed by atoms with Crippen molar-refractivity contribution in [1.82, 2.24) is 19.8 Å². The van der Waals surface area contributed by atoms with E-state index >= 15 is 0 Å². The summed E-state index contributed by atoms with van der Waals surface area (Å²) in [5.74, 6) is 1.73. The molecule has 0 spiro atoms. The highest BCUT2D eigenvalue weighted by atomic mass is 16.3. The minimum absolute atomic E-state index is 0.261. The molecule has 1 aromatic rings. The predicted molar refractivity (Wildman–Crippen MR) is 108 cm³/mol. The van der Waals surface area contributed by atoms with Crippen molar-refractivity contribution in [3.05, 3.63) is 18.1 Å². The number of rotatable bonds is 6. The van der Waals surface area contributed by atoms with E-state index in [4.69, 9.17) is 0 Å². The Kier molecular flexibility index (Phi) is 5.95. The van der Waals surface area contributed by atoms with E-state index in [0.717, 1.165) is 31.9 Å². The lowest BCUT2D eigenvalue weighted by Crippen LogP contribution is -2.59. The van der Waals surface area contributed by atoms with Gasteiger partial charge in [-0.2, -0.15) is 0 Å². The van der Waals surface area contributed by atoms with Gasteiger partial charge in [0.15, 0.2) is 0 Å². The van der Waals surface area contributed by atoms with Crippen molar-refractivity contribution in [2.75, 3.05) is 44.2 Å². The molecule has 1 atom stereocenters. The van der Waals surface area contributed by atoms with Crippen molar-refractivity contribution in [2.24, 2.45) is 0 Å². The van der Waals surface area contributed by atoms with Crippen LogP contribution in [0, 0.1) is 0 Å². The lowest BCUT2D eigenvalue weighted by atomic mass is 9.97. The van der Waals surface area contributed by atoms with E-state index in [1.165, 1.54) is 44.5 Å². The Hall–Kier alpha value is -1.24. The molecule has 4 rings (SSSR count). The molecule has 0 radical (unpaired) electrons. The lowest BCUT2D eigenvalue weighted by Gasteiger charge is -2.48. The lowest BCUT2D eigenvalue weighted by molar-refractivity contribution is 0.0462. The SMILES string of the molecule is CC(C)N1CCC(N2CCN(c3cc(C4CC4)ncn3)C[C@H]2CCO)CC1. The first kappa shape index (κ1) is 19.1. The molecule has 1 N–H and O–H groups in total. The zero-order chi connectivity index (χ0) is 18.8. The Morgan fingerprint density at radius 3 is 2.52 bits per heavy atom. The van der Waals surface area contributed by atoms with Gasteiger partial charge in [0.25, 0.3) is 0 Å². The van der Waals surface area contributed by atoms with E-state index < -0.39 is 0 Å². The minimum atomic E-state index is 0.261. The molecular formula is C21H35N5O. The minimum Gasteiger partial charge on any atom is -0.396 e. The summed E-state index contributed by atoms with van der Waals surface area (Å²) in [5, 5.41) is 9.65. The standard InChI is InChI=1S/C21H35N5O/c1-16(2)24-8-5-18(6-9-24)26-11-10-25(14-19(26)7-12-27)21-13-20(17-3-4-17)22-15-23-21/h13,15-19,27H,3-12,14H2,1-2H3/t19-/m1/s1. The summed E-state index contributed by atoms with van der Waals surface area (Å²) in [7, 11) is 0. The molecule has 3 fully saturated rings. The van der Waals surface area contributed by atoms with Crippen molar-refractivity contribution in [1.29, 1.82) is 0 Å². The Balaban J connectivity index is 1.41. The molecule has 27 heavy (non-hydrogen) atoms. The van der Waals surface area contributed by atoms with Gasteiger partial charge < -0.3 is 14.9 Å². The average molecular weight is 374 g/mol. The number of anilines is 1. The molecule has 1 aromatic heterocycles. The summed E-state index contributed by atoms with van der Waals surface area (Å²) in [6.07, 6.45) is 7.62. The third-order valence-corrected chi connectivity index (χ3v) is 6.68. The molecule has 0 unspecified atom stereocenters. The van der Waals surface area contributed by atoms with Gasteiger partial charge in [-0.25, -0.2) is 9.97 Å². The van der Waals surface area contributed by atoms with Gasteiger partial charge in [-0.05, 0) is 59.0 Å². The molecule has 1 saturated carbocycles. The average Bonchev–Trinajstić information content (AvgIpc) is 3.54. The first-order chi connectivity index (χ1) is 13.2. The number of piperazine rings is 1. The molecule has 2 aliphatic heterocycles. The quantitative estimate of drug-likeness (QED) is 0.824. The zero-order valence-electron chi connectivity index (χ0n) is 16.9. The van der Waals surface area contributed by atoms with Gasteiger partial charge in [-0.1, -0.05) is 0 Å². The summed E-state index contributed by atoms with van der Waals surface area (Å²) < 4.78 is 0. The maximum atomic E-state index is 9.65. The van der Waals surface area contributed by atoms with Crippen LogP contribution >= 0.6 is 0 Å². The molecular weight excluding hydrogens is 338 g/mol. The van der Waals surface area contributed by atoms with Crippen LogP contribution in [0.4, 0.5) is 5.82 Å². The highest BCUT2D eigenvalue weighted by Gasteiger charge is 2.34. The molecule has 0 aromatic carbocycles. The van der Waals surface area contributed by atoms with E-state index in [-0.39, 0.29) is 6.61 Å². The fourth-order valence-electron chi connectivity index (χ4n) is 4.83. The Morgan fingerprint density at radius 2 is 1.85 bits per heavy atom. The highest BCUT2D eigenvalue weighted by Crippen LogP contribution is 2.39. The fourth-order valence-corrected chi connectivity index (χ4v) is 4.83. The van der Waals surface area contributed by atoms with Gasteiger partial charge in [0, 0.05) is 62.0 Å². The van der Waals surface area contributed by atoms with E-state index in [1.54, 1.807) is 6.33 Å². The molecule has 3 heterocycles. The first-order valence-electron chi connectivity index (χ1n) is 10.8. The van der Waals surface area contributed by atoms with E-state index in [9.17, 15) is 5.11 Å². The van der Waals surface area contributed by atoms with Gasteiger partial charge in [-0.3, -0.25) is 4.90 Å². The normalized spacial score (nSPS) is 26.1. The third-order valence-electron chi connectivity index (χ3n) is 6.68. The van der Waals surface area contributed by atoms with Crippen LogP contribution in [0.1, 0.15) is 57.6 Å². The van der Waals surface area contributed by atoms with Crippen LogP contribution in [0.25, 0.3) is 0 Å². The first-order valence-corrected chi connectivity index (χ1v) is 10.8. The van der Waals surface area contributed by atoms with Crippen molar-refractivity contribution >= 4 is 5.82 Å². The number of hydrogen-bond acceptors (Lipinski definition) is 6. The predicted octanol–water partition coefficient (Wildman–Crippen LogP) is 2.10. The summed E-state index contributed by atoms with van der Waals surface area (Å²) in [6.45, 7) is 10.3. The largest absolute Gasteiger partial charge is 0.396 e. The number of piperidine rings is 1. The molecule has 0 amide bonds. The van der Waals surface area contributed by atoms with Crippen LogP contribution in [-0.4, -0.2) is 82.3 Å². The van der Waals surface area contributed by atoms with Crippen molar-refractivity contribution in [3.8, 4) is 0 Å². The summed E-state index contributed by atoms with van der Waals surface area (Å²) in [5.41, 5.74) is 1.21.